The highest BCUT2D eigenvalue weighted by molar-refractivity contribution is 7.15. The molecule has 1 fully saturated rings. The van der Waals surface area contributed by atoms with Gasteiger partial charge in [-0.2, -0.15) is 0 Å². The molecule has 0 atom stereocenters. The number of imidazole rings is 1. The highest BCUT2D eigenvalue weighted by Crippen LogP contribution is 2.35. The molecule has 0 radical (unpaired) electrons. The number of hydrogen-bond donors (Lipinski definition) is 2. The monoisotopic (exact) mass is 605 g/mol. The van der Waals surface area contributed by atoms with Gasteiger partial charge in [-0.3, -0.25) is 14.0 Å². The van der Waals surface area contributed by atoms with Crippen molar-refractivity contribution in [3.8, 4) is 22.6 Å². The van der Waals surface area contributed by atoms with E-state index in [-0.39, 0.29) is 11.8 Å². The average Bonchev–Trinajstić information content (AvgIpc) is 3.74. The van der Waals surface area contributed by atoms with E-state index in [0.717, 1.165) is 46.3 Å². The number of aromatic nitrogens is 4. The number of benzene rings is 3. The van der Waals surface area contributed by atoms with Gasteiger partial charge in [-0.15, -0.1) is 11.3 Å². The van der Waals surface area contributed by atoms with Crippen molar-refractivity contribution in [3.05, 3.63) is 107 Å². The van der Waals surface area contributed by atoms with Crippen LogP contribution in [0.4, 0.5) is 23.0 Å². The number of rotatable bonds is 7. The van der Waals surface area contributed by atoms with Crippen LogP contribution in [0.1, 0.15) is 23.2 Å². The van der Waals surface area contributed by atoms with E-state index in [4.69, 9.17) is 21.6 Å². The first-order valence-electron chi connectivity index (χ1n) is 13.7. The lowest BCUT2D eigenvalue weighted by atomic mass is 10.1. The molecule has 0 saturated carbocycles. The minimum absolute atomic E-state index is 0.135. The van der Waals surface area contributed by atoms with Crippen LogP contribution in [0.2, 0.25) is 5.02 Å². The number of fused-ring (bicyclic) bond motifs is 1. The van der Waals surface area contributed by atoms with E-state index in [1.54, 1.807) is 35.4 Å². The van der Waals surface area contributed by atoms with Crippen molar-refractivity contribution in [2.75, 3.05) is 22.1 Å². The molecule has 1 saturated heterocycles. The Morgan fingerprint density at radius 2 is 1.81 bits per heavy atom. The van der Waals surface area contributed by atoms with Gasteiger partial charge in [-0.1, -0.05) is 41.9 Å². The number of anilines is 4. The SMILES string of the molecule is O=C(Nc1cccc(-c2nc3sccn3c2-c2ccnc(Nc3cccc(N4CCCC4=O)c3)n2)c1)c1ccccc1Cl. The molecule has 212 valence electrons. The summed E-state index contributed by atoms with van der Waals surface area (Å²) in [6.45, 7) is 0.722. The largest absolute Gasteiger partial charge is 0.324 e. The highest BCUT2D eigenvalue weighted by atomic mass is 35.5. The Hall–Kier alpha value is -5.06. The fourth-order valence-electron chi connectivity index (χ4n) is 5.17. The number of carbonyl (C=O) groups is 2. The molecule has 7 rings (SSSR count). The van der Waals surface area contributed by atoms with Gasteiger partial charge in [0.2, 0.25) is 11.9 Å². The predicted molar refractivity (Wildman–Crippen MR) is 170 cm³/mol. The maximum atomic E-state index is 12.9. The molecule has 1 aliphatic heterocycles. The van der Waals surface area contributed by atoms with Crippen LogP contribution >= 0.6 is 22.9 Å². The van der Waals surface area contributed by atoms with Crippen molar-refractivity contribution in [1.29, 1.82) is 0 Å². The molecule has 3 aromatic carbocycles. The van der Waals surface area contributed by atoms with E-state index in [1.807, 2.05) is 70.6 Å². The number of halogens is 1. The Morgan fingerprint density at radius 3 is 2.67 bits per heavy atom. The Balaban J connectivity index is 1.21. The number of thiazole rings is 1. The zero-order valence-corrected chi connectivity index (χ0v) is 24.3. The quantitative estimate of drug-likeness (QED) is 0.198. The summed E-state index contributed by atoms with van der Waals surface area (Å²) in [4.78, 5) is 42.0. The molecule has 2 N–H and O–H groups in total. The second-order valence-corrected chi connectivity index (χ2v) is 11.2. The molecular weight excluding hydrogens is 582 g/mol. The van der Waals surface area contributed by atoms with Gasteiger partial charge in [0.1, 0.15) is 5.69 Å². The van der Waals surface area contributed by atoms with Crippen LogP contribution < -0.4 is 15.5 Å². The summed E-state index contributed by atoms with van der Waals surface area (Å²) >= 11 is 7.76. The fraction of sp³-hybridized carbons (Fsp3) is 0.0938. The Bertz CT molecular complexity index is 2000. The van der Waals surface area contributed by atoms with Gasteiger partial charge in [-0.25, -0.2) is 15.0 Å². The van der Waals surface area contributed by atoms with Crippen LogP contribution in [0.25, 0.3) is 27.6 Å². The van der Waals surface area contributed by atoms with E-state index in [9.17, 15) is 9.59 Å². The molecule has 3 aromatic heterocycles. The third kappa shape index (κ3) is 5.33. The Morgan fingerprint density at radius 1 is 0.953 bits per heavy atom. The number of nitrogens with zero attached hydrogens (tertiary/aromatic N) is 5. The van der Waals surface area contributed by atoms with Crippen LogP contribution in [0.15, 0.2) is 96.6 Å². The maximum Gasteiger partial charge on any atom is 0.257 e. The molecule has 9 nitrogen and oxygen atoms in total. The van der Waals surface area contributed by atoms with Crippen LogP contribution in [-0.4, -0.2) is 37.7 Å². The summed E-state index contributed by atoms with van der Waals surface area (Å²) in [7, 11) is 0. The lowest BCUT2D eigenvalue weighted by Gasteiger charge is -2.16. The van der Waals surface area contributed by atoms with Crippen LogP contribution in [0, 0.1) is 0 Å². The van der Waals surface area contributed by atoms with Gasteiger partial charge < -0.3 is 15.5 Å². The van der Waals surface area contributed by atoms with Gasteiger partial charge in [0.15, 0.2) is 4.96 Å². The molecule has 0 unspecified atom stereocenters. The number of carbonyl (C=O) groups excluding carboxylic acids is 2. The molecule has 1 aliphatic rings. The van der Waals surface area contributed by atoms with E-state index in [1.165, 1.54) is 11.3 Å². The third-order valence-electron chi connectivity index (χ3n) is 7.16. The van der Waals surface area contributed by atoms with Crippen molar-refractivity contribution in [2.45, 2.75) is 12.8 Å². The van der Waals surface area contributed by atoms with Crippen molar-refractivity contribution in [1.82, 2.24) is 19.4 Å². The second-order valence-electron chi connectivity index (χ2n) is 9.97. The smallest absolute Gasteiger partial charge is 0.257 e. The van der Waals surface area contributed by atoms with Crippen molar-refractivity contribution < 1.29 is 9.59 Å². The van der Waals surface area contributed by atoms with Crippen LogP contribution in [0.3, 0.4) is 0 Å². The lowest BCUT2D eigenvalue weighted by Crippen LogP contribution is -2.23. The third-order valence-corrected chi connectivity index (χ3v) is 8.25. The first-order valence-corrected chi connectivity index (χ1v) is 14.9. The Kier molecular flexibility index (Phi) is 7.06. The number of nitrogens with one attached hydrogen (secondary N) is 2. The van der Waals surface area contributed by atoms with Gasteiger partial charge in [0.25, 0.3) is 5.91 Å². The molecule has 6 aromatic rings. The fourth-order valence-corrected chi connectivity index (χ4v) is 6.11. The number of amides is 2. The summed E-state index contributed by atoms with van der Waals surface area (Å²) in [5, 5.41) is 8.60. The van der Waals surface area contributed by atoms with E-state index in [0.29, 0.717) is 34.3 Å². The zero-order chi connectivity index (χ0) is 29.3. The van der Waals surface area contributed by atoms with Gasteiger partial charge in [-0.05, 0) is 55.0 Å². The summed E-state index contributed by atoms with van der Waals surface area (Å²) in [6, 6.07) is 24.0. The number of hydrogen-bond acceptors (Lipinski definition) is 7. The van der Waals surface area contributed by atoms with E-state index in [2.05, 4.69) is 15.6 Å². The standard InChI is InChI=1S/C32H24ClN7O2S/c33-25-11-2-1-10-24(25)30(42)35-21-7-3-6-20(18-21)28-29(40-16-17-43-32(40)38-28)26-13-14-34-31(37-26)36-22-8-4-9-23(19-22)39-15-5-12-27(39)41/h1-4,6-11,13-14,16-19H,5,12,15H2,(H,35,42)(H,34,36,37). The first kappa shape index (κ1) is 26.8. The minimum Gasteiger partial charge on any atom is -0.324 e. The predicted octanol–water partition coefficient (Wildman–Crippen LogP) is 7.30. The van der Waals surface area contributed by atoms with Gasteiger partial charge >= 0.3 is 0 Å². The van der Waals surface area contributed by atoms with Gasteiger partial charge in [0, 0.05) is 53.4 Å². The van der Waals surface area contributed by atoms with E-state index < -0.39 is 0 Å². The Labute approximate surface area is 255 Å². The summed E-state index contributed by atoms with van der Waals surface area (Å²) < 4.78 is 2.00. The zero-order valence-electron chi connectivity index (χ0n) is 22.7. The molecule has 0 spiro atoms. The molecule has 0 bridgehead atoms. The normalized spacial score (nSPS) is 13.0. The molecule has 4 heterocycles. The minimum atomic E-state index is -0.293. The van der Waals surface area contributed by atoms with Gasteiger partial charge in [0.05, 0.1) is 22.0 Å². The van der Waals surface area contributed by atoms with Crippen molar-refractivity contribution in [3.63, 3.8) is 0 Å². The summed E-state index contributed by atoms with van der Waals surface area (Å²) in [6.07, 6.45) is 5.10. The lowest BCUT2D eigenvalue weighted by molar-refractivity contribution is -0.117. The van der Waals surface area contributed by atoms with Crippen LogP contribution in [0.5, 0.6) is 0 Å². The molecule has 0 aliphatic carbocycles. The average molecular weight is 606 g/mol. The van der Waals surface area contributed by atoms with Crippen molar-refractivity contribution in [2.24, 2.45) is 0 Å². The second kappa shape index (κ2) is 11.3. The van der Waals surface area contributed by atoms with Crippen LogP contribution in [-0.2, 0) is 4.79 Å². The van der Waals surface area contributed by atoms with Crippen molar-refractivity contribution >= 4 is 62.7 Å². The molecule has 2 amide bonds. The topological polar surface area (TPSA) is 105 Å². The molecule has 43 heavy (non-hydrogen) atoms. The molecule has 11 heteroatoms. The van der Waals surface area contributed by atoms with E-state index >= 15 is 0 Å². The molecular formula is C32H24ClN7O2S. The summed E-state index contributed by atoms with van der Waals surface area (Å²) in [5.74, 6) is 0.258. The highest BCUT2D eigenvalue weighted by Gasteiger charge is 2.22. The maximum absolute atomic E-state index is 12.9. The summed E-state index contributed by atoms with van der Waals surface area (Å²) in [5.41, 5.74) is 5.66. The first-order chi connectivity index (χ1) is 21.0.